The monoisotopic (exact) mass is 306 g/mol. The number of hydrogen-bond acceptors (Lipinski definition) is 2. The molecule has 1 rings (SSSR count). The number of hydrogen-bond donors (Lipinski definition) is 0. The summed E-state index contributed by atoms with van der Waals surface area (Å²) < 4.78 is 11.3. The van der Waals surface area contributed by atoms with Gasteiger partial charge in [0.2, 0.25) is 0 Å². The molecule has 1 saturated heterocycles. The summed E-state index contributed by atoms with van der Waals surface area (Å²) >= 11 is 0. The normalized spacial score (nSPS) is 20.1. The highest BCUT2D eigenvalue weighted by Gasteiger charge is 2.12. The van der Waals surface area contributed by atoms with E-state index in [1.54, 1.807) is 0 Å². The quantitative estimate of drug-likeness (QED) is 0.490. The molecule has 1 aliphatic heterocycles. The summed E-state index contributed by atoms with van der Waals surface area (Å²) in [5.41, 5.74) is 4.31. The maximum absolute atomic E-state index is 5.74. The van der Waals surface area contributed by atoms with Gasteiger partial charge >= 0.3 is 0 Å². The van der Waals surface area contributed by atoms with E-state index >= 15 is 0 Å². The van der Waals surface area contributed by atoms with Crippen LogP contribution in [0, 0.1) is 0 Å². The van der Waals surface area contributed by atoms with Crippen LogP contribution in [0.1, 0.15) is 72.6 Å². The Kier molecular flexibility index (Phi) is 10.2. The highest BCUT2D eigenvalue weighted by molar-refractivity contribution is 5.05. The lowest BCUT2D eigenvalue weighted by atomic mass is 10.1. The van der Waals surface area contributed by atoms with Crippen molar-refractivity contribution in [2.75, 3.05) is 13.2 Å². The maximum atomic E-state index is 5.74. The molecule has 1 unspecified atom stereocenters. The molecule has 0 radical (unpaired) electrons. The van der Waals surface area contributed by atoms with Crippen molar-refractivity contribution in [3.63, 3.8) is 0 Å². The first-order chi connectivity index (χ1) is 10.6. The van der Waals surface area contributed by atoms with Crippen LogP contribution >= 0.6 is 0 Å². The van der Waals surface area contributed by atoms with Crippen LogP contribution in [0.5, 0.6) is 0 Å². The van der Waals surface area contributed by atoms with Crippen molar-refractivity contribution in [3.8, 4) is 0 Å². The predicted octanol–water partition coefficient (Wildman–Crippen LogP) is 5.95. The molecule has 1 aliphatic rings. The van der Waals surface area contributed by atoms with Crippen LogP contribution in [-0.2, 0) is 9.47 Å². The lowest BCUT2D eigenvalue weighted by molar-refractivity contribution is -0.155. The van der Waals surface area contributed by atoms with E-state index in [4.69, 9.17) is 9.47 Å². The van der Waals surface area contributed by atoms with Crippen molar-refractivity contribution in [3.05, 3.63) is 34.9 Å². The van der Waals surface area contributed by atoms with Crippen LogP contribution in [0.25, 0.3) is 0 Å². The van der Waals surface area contributed by atoms with Crippen molar-refractivity contribution < 1.29 is 9.47 Å². The van der Waals surface area contributed by atoms with E-state index in [9.17, 15) is 0 Å². The van der Waals surface area contributed by atoms with Gasteiger partial charge in [0.05, 0.1) is 6.61 Å². The van der Waals surface area contributed by atoms with Gasteiger partial charge in [-0.05, 0) is 72.6 Å². The molecular weight excluding hydrogens is 272 g/mol. The van der Waals surface area contributed by atoms with E-state index in [2.05, 4.69) is 45.9 Å². The summed E-state index contributed by atoms with van der Waals surface area (Å²) in [7, 11) is 0. The van der Waals surface area contributed by atoms with E-state index in [1.165, 1.54) is 36.0 Å². The van der Waals surface area contributed by atoms with Gasteiger partial charge in [0.15, 0.2) is 6.29 Å². The van der Waals surface area contributed by atoms with Gasteiger partial charge < -0.3 is 9.47 Å². The largest absolute Gasteiger partial charge is 0.353 e. The van der Waals surface area contributed by atoms with Gasteiger partial charge in [0.25, 0.3) is 0 Å². The van der Waals surface area contributed by atoms with Gasteiger partial charge in [-0.15, -0.1) is 0 Å². The standard InChI is InChI=1S/C20H34O2/c1-17(2)9-7-10-18(3)11-8-12-19(4)14-16-22-20-13-5-6-15-21-20/h9,11,14,20H,5-8,10,12-13,15-16H2,1-4H3/b18-11+,19-14-. The summed E-state index contributed by atoms with van der Waals surface area (Å²) in [6.45, 7) is 10.3. The molecule has 22 heavy (non-hydrogen) atoms. The molecule has 0 amide bonds. The Bertz CT molecular complexity index is 381. The third-order valence-corrected chi connectivity index (χ3v) is 3.97. The summed E-state index contributed by atoms with van der Waals surface area (Å²) in [5.74, 6) is 0. The molecule has 1 heterocycles. The highest BCUT2D eigenvalue weighted by Crippen LogP contribution is 2.14. The molecule has 0 aromatic carbocycles. The molecule has 0 aromatic rings. The average molecular weight is 306 g/mol. The average Bonchev–Trinajstić information content (AvgIpc) is 2.48. The van der Waals surface area contributed by atoms with Crippen molar-refractivity contribution in [1.29, 1.82) is 0 Å². The minimum Gasteiger partial charge on any atom is -0.353 e. The molecular formula is C20H34O2. The van der Waals surface area contributed by atoms with Crippen LogP contribution in [0.2, 0.25) is 0 Å². The van der Waals surface area contributed by atoms with E-state index < -0.39 is 0 Å². The van der Waals surface area contributed by atoms with Crippen LogP contribution in [0.15, 0.2) is 34.9 Å². The van der Waals surface area contributed by atoms with E-state index in [0.29, 0.717) is 6.61 Å². The maximum Gasteiger partial charge on any atom is 0.157 e. The van der Waals surface area contributed by atoms with Gasteiger partial charge in [-0.25, -0.2) is 0 Å². The first-order valence-corrected chi connectivity index (χ1v) is 8.75. The van der Waals surface area contributed by atoms with Gasteiger partial charge in [-0.1, -0.05) is 34.9 Å². The van der Waals surface area contributed by atoms with Crippen molar-refractivity contribution in [2.24, 2.45) is 0 Å². The molecule has 1 atom stereocenters. The summed E-state index contributed by atoms with van der Waals surface area (Å²) in [5, 5.41) is 0. The molecule has 0 saturated carbocycles. The molecule has 126 valence electrons. The summed E-state index contributed by atoms with van der Waals surface area (Å²) in [4.78, 5) is 0. The molecule has 0 spiro atoms. The Morgan fingerprint density at radius 3 is 2.27 bits per heavy atom. The second-order valence-corrected chi connectivity index (χ2v) is 6.59. The van der Waals surface area contributed by atoms with Crippen LogP contribution in [-0.4, -0.2) is 19.5 Å². The van der Waals surface area contributed by atoms with E-state index in [1.807, 2.05) is 0 Å². The van der Waals surface area contributed by atoms with Crippen LogP contribution in [0.3, 0.4) is 0 Å². The van der Waals surface area contributed by atoms with Gasteiger partial charge in [-0.2, -0.15) is 0 Å². The van der Waals surface area contributed by atoms with Gasteiger partial charge in [0.1, 0.15) is 0 Å². The summed E-state index contributed by atoms with van der Waals surface area (Å²) in [6, 6.07) is 0. The fraction of sp³-hybridized carbons (Fsp3) is 0.700. The van der Waals surface area contributed by atoms with Crippen molar-refractivity contribution in [1.82, 2.24) is 0 Å². The predicted molar refractivity (Wildman–Crippen MR) is 95.0 cm³/mol. The lowest BCUT2D eigenvalue weighted by Crippen LogP contribution is -2.22. The van der Waals surface area contributed by atoms with Gasteiger partial charge in [-0.3, -0.25) is 0 Å². The Morgan fingerprint density at radius 2 is 1.64 bits per heavy atom. The third-order valence-electron chi connectivity index (χ3n) is 3.97. The fourth-order valence-electron chi connectivity index (χ4n) is 2.48. The minimum absolute atomic E-state index is 0.0232. The molecule has 0 N–H and O–H groups in total. The smallest absolute Gasteiger partial charge is 0.157 e. The molecule has 1 fully saturated rings. The first kappa shape index (κ1) is 19.2. The third kappa shape index (κ3) is 9.97. The number of allylic oxidation sites excluding steroid dienone is 5. The van der Waals surface area contributed by atoms with Crippen molar-refractivity contribution >= 4 is 0 Å². The fourth-order valence-corrected chi connectivity index (χ4v) is 2.48. The van der Waals surface area contributed by atoms with Gasteiger partial charge in [0, 0.05) is 6.61 Å². The summed E-state index contributed by atoms with van der Waals surface area (Å²) in [6.07, 6.45) is 14.9. The van der Waals surface area contributed by atoms with Crippen LogP contribution in [0.4, 0.5) is 0 Å². The Morgan fingerprint density at radius 1 is 0.955 bits per heavy atom. The number of rotatable bonds is 9. The minimum atomic E-state index is 0.0232. The van der Waals surface area contributed by atoms with E-state index in [-0.39, 0.29) is 6.29 Å². The lowest BCUT2D eigenvalue weighted by Gasteiger charge is -2.22. The molecule has 2 nitrogen and oxygen atoms in total. The van der Waals surface area contributed by atoms with Crippen molar-refractivity contribution in [2.45, 2.75) is 78.9 Å². The van der Waals surface area contributed by atoms with E-state index in [0.717, 1.165) is 32.3 Å². The highest BCUT2D eigenvalue weighted by atomic mass is 16.7. The Hall–Kier alpha value is -0.860. The second-order valence-electron chi connectivity index (χ2n) is 6.59. The topological polar surface area (TPSA) is 18.5 Å². The second kappa shape index (κ2) is 11.7. The molecule has 0 bridgehead atoms. The first-order valence-electron chi connectivity index (χ1n) is 8.75. The molecule has 2 heteroatoms. The molecule has 0 aromatic heterocycles. The Balaban J connectivity index is 2.14. The Labute approximate surface area is 137 Å². The molecule has 0 aliphatic carbocycles. The SMILES string of the molecule is CC(C)=CCC/C(C)=C/CC/C(C)=C\COC1CCCCO1. The zero-order valence-corrected chi connectivity index (χ0v) is 15.0. The zero-order chi connectivity index (χ0) is 16.2. The zero-order valence-electron chi connectivity index (χ0n) is 15.0. The number of ether oxygens (including phenoxy) is 2. The van der Waals surface area contributed by atoms with Crippen LogP contribution < -0.4 is 0 Å².